The van der Waals surface area contributed by atoms with Gasteiger partial charge in [0.1, 0.15) is 0 Å². The molecular weight excluding hydrogens is 383 g/mol. The number of nitrogens with zero attached hydrogens (tertiary/aromatic N) is 2. The summed E-state index contributed by atoms with van der Waals surface area (Å²) in [6.07, 6.45) is 0. The Morgan fingerprint density at radius 3 is 1.40 bits per heavy atom. The predicted octanol–water partition coefficient (Wildman–Crippen LogP) is 2.83. The average molecular weight is 398 g/mol. The van der Waals surface area contributed by atoms with Crippen LogP contribution in [-0.2, 0) is 4.57 Å². The molecule has 0 bridgehead atoms. The first-order valence-electron chi connectivity index (χ1n) is 6.73. The lowest BCUT2D eigenvalue weighted by atomic mass is 10.3. The molecule has 0 fully saturated rings. The van der Waals surface area contributed by atoms with E-state index >= 15 is 0 Å². The maximum absolute atomic E-state index is 8.88. The average Bonchev–Trinajstić information content (AvgIpc) is 3.06. The van der Waals surface area contributed by atoms with Crippen LogP contribution >= 0.6 is 30.5 Å². The topological polar surface area (TPSA) is 156 Å². The summed E-state index contributed by atoms with van der Waals surface area (Å²) in [6.45, 7) is 0. The van der Waals surface area contributed by atoms with E-state index in [0.29, 0.717) is 10.3 Å². The number of fused-ring (bicyclic) bond motifs is 2. The van der Waals surface area contributed by atoms with Crippen molar-refractivity contribution in [2.24, 2.45) is 0 Å². The van der Waals surface area contributed by atoms with Crippen molar-refractivity contribution in [2.45, 2.75) is 0 Å². The number of thiazole rings is 2. The van der Waals surface area contributed by atoms with Crippen LogP contribution < -0.4 is 11.5 Å². The Bertz CT molecular complexity index is 868. The quantitative estimate of drug-likeness (QED) is 0.283. The second kappa shape index (κ2) is 8.34. The standard InChI is InChI=1S/2C7H6N2S.H3O4P/c2*8-7-9-5-3-1-2-4-6(5)10-7;1-5(2,3)4/h2*1-4H,(H2,8,9);(H3,1,2,3,4). The van der Waals surface area contributed by atoms with Crippen molar-refractivity contribution in [3.05, 3.63) is 48.5 Å². The van der Waals surface area contributed by atoms with Crippen molar-refractivity contribution >= 4 is 61.2 Å². The van der Waals surface area contributed by atoms with Gasteiger partial charge in [0.15, 0.2) is 10.3 Å². The van der Waals surface area contributed by atoms with Crippen LogP contribution in [0.4, 0.5) is 10.3 Å². The van der Waals surface area contributed by atoms with Gasteiger partial charge in [-0.15, -0.1) is 0 Å². The van der Waals surface area contributed by atoms with E-state index in [1.54, 1.807) is 0 Å². The highest BCUT2D eigenvalue weighted by atomic mass is 32.1. The van der Waals surface area contributed by atoms with E-state index in [1.165, 1.54) is 22.7 Å². The third-order valence-corrected chi connectivity index (χ3v) is 4.35. The number of para-hydroxylation sites is 2. The third kappa shape index (κ3) is 6.75. The second-order valence-corrected chi connectivity index (χ2v) is 7.70. The zero-order valence-corrected chi connectivity index (χ0v) is 15.2. The summed E-state index contributed by atoms with van der Waals surface area (Å²) in [6, 6.07) is 15.8. The van der Waals surface area contributed by atoms with Gasteiger partial charge in [-0.3, -0.25) is 0 Å². The number of rotatable bonds is 0. The predicted molar refractivity (Wildman–Crippen MR) is 102 cm³/mol. The van der Waals surface area contributed by atoms with Crippen LogP contribution in [0.25, 0.3) is 20.4 Å². The van der Waals surface area contributed by atoms with Crippen molar-refractivity contribution in [2.75, 3.05) is 11.5 Å². The zero-order valence-electron chi connectivity index (χ0n) is 12.7. The Hall–Kier alpha value is -2.07. The Morgan fingerprint density at radius 2 is 1.08 bits per heavy atom. The summed E-state index contributed by atoms with van der Waals surface area (Å²) >= 11 is 3.04. The minimum atomic E-state index is -4.64. The molecule has 2 aromatic carbocycles. The lowest BCUT2D eigenvalue weighted by Gasteiger charge is -1.82. The molecule has 0 amide bonds. The van der Waals surface area contributed by atoms with Gasteiger partial charge >= 0.3 is 7.82 Å². The lowest BCUT2D eigenvalue weighted by Crippen LogP contribution is -1.78. The molecule has 0 saturated carbocycles. The molecule has 4 aromatic rings. The Kier molecular flexibility index (Phi) is 6.43. The summed E-state index contributed by atoms with van der Waals surface area (Å²) in [5.74, 6) is 0. The normalized spacial score (nSPS) is 10.7. The monoisotopic (exact) mass is 398 g/mol. The summed E-state index contributed by atoms with van der Waals surface area (Å²) in [5.41, 5.74) is 13.0. The highest BCUT2D eigenvalue weighted by Crippen LogP contribution is 2.26. The number of nitrogen functional groups attached to an aromatic ring is 2. The minimum absolute atomic E-state index is 0.640. The third-order valence-electron chi connectivity index (χ3n) is 2.62. The van der Waals surface area contributed by atoms with Gasteiger partial charge in [-0.25, -0.2) is 14.5 Å². The summed E-state index contributed by atoms with van der Waals surface area (Å²) in [5, 5.41) is 1.28. The van der Waals surface area contributed by atoms with Gasteiger partial charge in [0.2, 0.25) is 0 Å². The molecule has 132 valence electrons. The van der Waals surface area contributed by atoms with E-state index in [-0.39, 0.29) is 0 Å². The number of phosphoric acid groups is 1. The summed E-state index contributed by atoms with van der Waals surface area (Å²) in [4.78, 5) is 29.8. The molecule has 8 nitrogen and oxygen atoms in total. The fourth-order valence-electron chi connectivity index (χ4n) is 1.78. The highest BCUT2D eigenvalue weighted by Gasteiger charge is 2.00. The maximum atomic E-state index is 8.88. The van der Waals surface area contributed by atoms with Crippen LogP contribution in [0.1, 0.15) is 0 Å². The van der Waals surface area contributed by atoms with Gasteiger partial charge in [0.05, 0.1) is 20.4 Å². The second-order valence-electron chi connectivity index (χ2n) is 4.55. The molecule has 0 unspecified atom stereocenters. The van der Waals surface area contributed by atoms with E-state index in [4.69, 9.17) is 30.7 Å². The van der Waals surface area contributed by atoms with Gasteiger partial charge in [-0.1, -0.05) is 46.9 Å². The van der Waals surface area contributed by atoms with E-state index in [1.807, 2.05) is 48.5 Å². The molecule has 0 saturated heterocycles. The van der Waals surface area contributed by atoms with Crippen molar-refractivity contribution in [1.29, 1.82) is 0 Å². The molecule has 2 heterocycles. The first kappa shape index (κ1) is 19.3. The van der Waals surface area contributed by atoms with Crippen LogP contribution in [-0.4, -0.2) is 24.6 Å². The minimum Gasteiger partial charge on any atom is -0.375 e. The Morgan fingerprint density at radius 1 is 0.760 bits per heavy atom. The highest BCUT2D eigenvalue weighted by molar-refractivity contribution is 7.45. The molecule has 0 radical (unpaired) electrons. The van der Waals surface area contributed by atoms with E-state index in [9.17, 15) is 0 Å². The van der Waals surface area contributed by atoms with Crippen LogP contribution in [0, 0.1) is 0 Å². The number of anilines is 2. The molecule has 0 aliphatic rings. The molecule has 4 rings (SSSR count). The first-order valence-corrected chi connectivity index (χ1v) is 9.92. The van der Waals surface area contributed by atoms with Gasteiger partial charge in [0, 0.05) is 0 Å². The van der Waals surface area contributed by atoms with Crippen molar-refractivity contribution in [3.63, 3.8) is 0 Å². The number of nitrogens with two attached hydrogens (primary N) is 2. The van der Waals surface area contributed by atoms with Gasteiger partial charge < -0.3 is 26.1 Å². The van der Waals surface area contributed by atoms with Crippen LogP contribution in [0.5, 0.6) is 0 Å². The number of aromatic nitrogens is 2. The fraction of sp³-hybridized carbons (Fsp3) is 0. The van der Waals surface area contributed by atoms with Crippen molar-refractivity contribution in [1.82, 2.24) is 9.97 Å². The molecule has 2 aromatic heterocycles. The zero-order chi connectivity index (χ0) is 18.4. The lowest BCUT2D eigenvalue weighted by molar-refractivity contribution is 0.275. The molecule has 25 heavy (non-hydrogen) atoms. The first-order chi connectivity index (χ1) is 11.7. The van der Waals surface area contributed by atoms with E-state index in [2.05, 4.69) is 9.97 Å². The molecular formula is C14H15N4O4PS2. The molecule has 11 heteroatoms. The van der Waals surface area contributed by atoms with Gasteiger partial charge in [-0.05, 0) is 24.3 Å². The molecule has 0 aliphatic heterocycles. The smallest absolute Gasteiger partial charge is 0.375 e. The Labute approximate surface area is 150 Å². The molecule has 0 aliphatic carbocycles. The summed E-state index contributed by atoms with van der Waals surface area (Å²) in [7, 11) is -4.64. The fourth-order valence-corrected chi connectivity index (χ4v) is 3.25. The largest absolute Gasteiger partial charge is 0.466 e. The van der Waals surface area contributed by atoms with Gasteiger partial charge in [-0.2, -0.15) is 0 Å². The number of benzene rings is 2. The molecule has 7 N–H and O–H groups in total. The SMILES string of the molecule is Nc1nc2ccccc2s1.Nc1nc2ccccc2s1.O=P(O)(O)O. The van der Waals surface area contributed by atoms with Crippen LogP contribution in [0.2, 0.25) is 0 Å². The summed E-state index contributed by atoms with van der Waals surface area (Å²) < 4.78 is 11.2. The molecule has 0 spiro atoms. The van der Waals surface area contributed by atoms with Crippen molar-refractivity contribution in [3.8, 4) is 0 Å². The maximum Gasteiger partial charge on any atom is 0.466 e. The van der Waals surface area contributed by atoms with Crippen LogP contribution in [0.3, 0.4) is 0 Å². The van der Waals surface area contributed by atoms with Gasteiger partial charge in [0.25, 0.3) is 0 Å². The van der Waals surface area contributed by atoms with Crippen LogP contribution in [0.15, 0.2) is 48.5 Å². The Balaban J connectivity index is 0.000000144. The number of hydrogen-bond acceptors (Lipinski definition) is 7. The van der Waals surface area contributed by atoms with E-state index in [0.717, 1.165) is 20.4 Å². The van der Waals surface area contributed by atoms with E-state index < -0.39 is 7.82 Å². The number of hydrogen-bond donors (Lipinski definition) is 5. The van der Waals surface area contributed by atoms with Crippen molar-refractivity contribution < 1.29 is 19.2 Å². The molecule has 0 atom stereocenters.